The van der Waals surface area contributed by atoms with Crippen LogP contribution in [0.15, 0.2) is 39.9 Å². The number of nitrogens with one attached hydrogen (secondary N) is 1. The molecule has 10 heteroatoms. The third-order valence-electron chi connectivity index (χ3n) is 5.46. The molecule has 0 spiro atoms. The van der Waals surface area contributed by atoms with Crippen LogP contribution in [-0.4, -0.2) is 56.1 Å². The summed E-state index contributed by atoms with van der Waals surface area (Å²) < 4.78 is 3.03. The van der Waals surface area contributed by atoms with Crippen molar-refractivity contribution in [2.45, 2.75) is 6.04 Å². The molecule has 1 saturated heterocycles. The first-order valence-corrected chi connectivity index (χ1v) is 9.37. The van der Waals surface area contributed by atoms with Crippen LogP contribution >= 0.6 is 0 Å². The minimum atomic E-state index is -0.496. The molecule has 4 rings (SSSR count). The molecular formula is C19H23N7O3. The Balaban J connectivity index is 1.60. The molecule has 0 saturated carbocycles. The second-order valence-electron chi connectivity index (χ2n) is 7.20. The van der Waals surface area contributed by atoms with Crippen LogP contribution in [0.25, 0.3) is 11.2 Å². The number of nitrogens with zero attached hydrogens (tertiary/aromatic N) is 5. The molecule has 10 nitrogen and oxygen atoms in total. The van der Waals surface area contributed by atoms with Crippen molar-refractivity contribution in [3.63, 3.8) is 0 Å². The van der Waals surface area contributed by atoms with E-state index in [1.54, 1.807) is 18.7 Å². The van der Waals surface area contributed by atoms with E-state index >= 15 is 0 Å². The minimum Gasteiger partial charge on any atom is -0.368 e. The number of benzene rings is 1. The number of piperazine rings is 1. The van der Waals surface area contributed by atoms with E-state index in [4.69, 9.17) is 5.73 Å². The van der Waals surface area contributed by atoms with Crippen LogP contribution in [0.1, 0.15) is 11.6 Å². The number of aromatic amines is 1. The Labute approximate surface area is 166 Å². The SMILES string of the molecule is Cn1c(N2CCN(C(C(N)=O)c3ccccc3)CC2)nc2c1c(=O)[nH]c(=O)n2C. The van der Waals surface area contributed by atoms with Gasteiger partial charge in [-0.05, 0) is 5.56 Å². The number of amides is 1. The molecule has 0 bridgehead atoms. The quantitative estimate of drug-likeness (QED) is 0.601. The van der Waals surface area contributed by atoms with E-state index in [0.717, 1.165) is 5.56 Å². The number of carbonyl (C=O) groups is 1. The minimum absolute atomic E-state index is 0.345. The third kappa shape index (κ3) is 3.21. The van der Waals surface area contributed by atoms with Gasteiger partial charge in [-0.25, -0.2) is 4.79 Å². The van der Waals surface area contributed by atoms with Crippen molar-refractivity contribution in [1.82, 2.24) is 24.0 Å². The number of H-pyrrole nitrogens is 1. The van der Waals surface area contributed by atoms with Crippen LogP contribution in [0.2, 0.25) is 0 Å². The van der Waals surface area contributed by atoms with E-state index in [2.05, 4.69) is 14.9 Å². The summed E-state index contributed by atoms with van der Waals surface area (Å²) in [6.07, 6.45) is 0. The lowest BCUT2D eigenvalue weighted by atomic mass is 10.0. The van der Waals surface area contributed by atoms with Crippen LogP contribution in [0.4, 0.5) is 5.95 Å². The second-order valence-corrected chi connectivity index (χ2v) is 7.20. The van der Waals surface area contributed by atoms with Gasteiger partial charge in [0.2, 0.25) is 11.9 Å². The van der Waals surface area contributed by atoms with Gasteiger partial charge < -0.3 is 15.2 Å². The van der Waals surface area contributed by atoms with E-state index in [0.29, 0.717) is 43.3 Å². The van der Waals surface area contributed by atoms with E-state index in [1.165, 1.54) is 4.57 Å². The predicted molar refractivity (Wildman–Crippen MR) is 109 cm³/mol. The van der Waals surface area contributed by atoms with Crippen molar-refractivity contribution in [3.8, 4) is 0 Å². The fourth-order valence-electron chi connectivity index (χ4n) is 3.95. The monoisotopic (exact) mass is 397 g/mol. The summed E-state index contributed by atoms with van der Waals surface area (Å²) in [5.74, 6) is 0.232. The van der Waals surface area contributed by atoms with Gasteiger partial charge in [-0.1, -0.05) is 30.3 Å². The number of fused-ring (bicyclic) bond motifs is 1. The number of aryl methyl sites for hydroxylation is 2. The van der Waals surface area contributed by atoms with Crippen molar-refractivity contribution in [3.05, 3.63) is 56.7 Å². The first-order valence-electron chi connectivity index (χ1n) is 9.37. The summed E-state index contributed by atoms with van der Waals surface area (Å²) in [6.45, 7) is 2.45. The average molecular weight is 397 g/mol. The molecule has 1 aromatic carbocycles. The van der Waals surface area contributed by atoms with E-state index < -0.39 is 17.3 Å². The van der Waals surface area contributed by atoms with E-state index in [9.17, 15) is 14.4 Å². The topological polar surface area (TPSA) is 122 Å². The largest absolute Gasteiger partial charge is 0.368 e. The highest BCUT2D eigenvalue weighted by Crippen LogP contribution is 2.24. The molecule has 3 N–H and O–H groups in total. The third-order valence-corrected chi connectivity index (χ3v) is 5.46. The Hall–Kier alpha value is -3.40. The van der Waals surface area contributed by atoms with E-state index in [1.807, 2.05) is 35.2 Å². The lowest BCUT2D eigenvalue weighted by Gasteiger charge is -2.38. The Morgan fingerprint density at radius 2 is 1.72 bits per heavy atom. The standard InChI is InChI=1S/C19H23N7O3/c1-23-14-16(24(2)19(29)22-17(14)28)21-18(23)26-10-8-25(9-11-26)13(15(20)27)12-6-4-3-5-7-12/h3-7,13H,8-11H2,1-2H3,(H2,20,27)(H,22,28,29). The molecule has 29 heavy (non-hydrogen) atoms. The molecule has 0 radical (unpaired) electrons. The fraction of sp³-hybridized carbons (Fsp3) is 0.368. The molecule has 1 amide bonds. The lowest BCUT2D eigenvalue weighted by Crippen LogP contribution is -2.51. The van der Waals surface area contributed by atoms with Gasteiger partial charge >= 0.3 is 5.69 Å². The summed E-state index contributed by atoms with van der Waals surface area (Å²) in [5.41, 5.74) is 6.30. The molecule has 3 heterocycles. The number of imidazole rings is 1. The van der Waals surface area contributed by atoms with Crippen molar-refractivity contribution in [2.75, 3.05) is 31.1 Å². The first-order chi connectivity index (χ1) is 13.9. The Morgan fingerprint density at radius 3 is 2.34 bits per heavy atom. The van der Waals surface area contributed by atoms with Crippen molar-refractivity contribution >= 4 is 23.0 Å². The van der Waals surface area contributed by atoms with Crippen LogP contribution in [0.5, 0.6) is 0 Å². The van der Waals surface area contributed by atoms with Crippen LogP contribution in [0, 0.1) is 0 Å². The molecule has 1 fully saturated rings. The zero-order valence-electron chi connectivity index (χ0n) is 16.3. The molecule has 0 aliphatic carbocycles. The molecule has 1 aliphatic rings. The lowest BCUT2D eigenvalue weighted by molar-refractivity contribution is -0.123. The van der Waals surface area contributed by atoms with Gasteiger partial charge in [0.15, 0.2) is 11.2 Å². The zero-order chi connectivity index (χ0) is 20.7. The molecule has 2 aromatic heterocycles. The average Bonchev–Trinajstić information content (AvgIpc) is 3.05. The van der Waals surface area contributed by atoms with Gasteiger partial charge in [-0.3, -0.25) is 24.0 Å². The van der Waals surface area contributed by atoms with E-state index in [-0.39, 0.29) is 5.91 Å². The number of nitrogens with two attached hydrogens (primary N) is 1. The number of hydrogen-bond acceptors (Lipinski definition) is 6. The van der Waals surface area contributed by atoms with Gasteiger partial charge in [-0.2, -0.15) is 4.98 Å². The molecule has 1 atom stereocenters. The Kier molecular flexibility index (Phi) is 4.71. The molecular weight excluding hydrogens is 374 g/mol. The number of rotatable bonds is 4. The van der Waals surface area contributed by atoms with Crippen molar-refractivity contribution < 1.29 is 4.79 Å². The number of carbonyl (C=O) groups excluding carboxylic acids is 1. The van der Waals surface area contributed by atoms with Gasteiger partial charge in [0, 0.05) is 40.3 Å². The maximum Gasteiger partial charge on any atom is 0.329 e. The molecule has 1 unspecified atom stereocenters. The predicted octanol–water partition coefficient (Wildman–Crippen LogP) is -0.691. The van der Waals surface area contributed by atoms with Crippen LogP contribution < -0.4 is 21.9 Å². The maximum atomic E-state index is 12.2. The Bertz CT molecular complexity index is 1170. The summed E-state index contributed by atoms with van der Waals surface area (Å²) in [4.78, 5) is 47.2. The van der Waals surface area contributed by atoms with Crippen molar-refractivity contribution in [2.24, 2.45) is 19.8 Å². The first kappa shape index (κ1) is 18.9. The maximum absolute atomic E-state index is 12.2. The normalized spacial score (nSPS) is 16.3. The summed E-state index contributed by atoms with van der Waals surface area (Å²) in [6, 6.07) is 9.01. The molecule has 1 aliphatic heterocycles. The molecule has 152 valence electrons. The highest BCUT2D eigenvalue weighted by atomic mass is 16.2. The smallest absolute Gasteiger partial charge is 0.329 e. The van der Waals surface area contributed by atoms with Crippen LogP contribution in [0.3, 0.4) is 0 Å². The summed E-state index contributed by atoms with van der Waals surface area (Å²) in [7, 11) is 3.33. The van der Waals surface area contributed by atoms with Crippen LogP contribution in [-0.2, 0) is 18.9 Å². The van der Waals surface area contributed by atoms with Crippen molar-refractivity contribution in [1.29, 1.82) is 0 Å². The summed E-state index contributed by atoms with van der Waals surface area (Å²) >= 11 is 0. The zero-order valence-corrected chi connectivity index (χ0v) is 16.3. The summed E-state index contributed by atoms with van der Waals surface area (Å²) in [5, 5.41) is 0. The fourth-order valence-corrected chi connectivity index (χ4v) is 3.95. The van der Waals surface area contributed by atoms with Gasteiger partial charge in [0.25, 0.3) is 5.56 Å². The van der Waals surface area contributed by atoms with Gasteiger partial charge in [-0.15, -0.1) is 0 Å². The number of aromatic nitrogens is 4. The Morgan fingerprint density at radius 1 is 1.07 bits per heavy atom. The number of primary amides is 1. The van der Waals surface area contributed by atoms with Gasteiger partial charge in [0.05, 0.1) is 0 Å². The van der Waals surface area contributed by atoms with Gasteiger partial charge in [0.1, 0.15) is 6.04 Å². The number of hydrogen-bond donors (Lipinski definition) is 2. The highest BCUT2D eigenvalue weighted by molar-refractivity contribution is 5.81. The highest BCUT2D eigenvalue weighted by Gasteiger charge is 2.30. The number of anilines is 1. The molecule has 3 aromatic rings. The second kappa shape index (κ2) is 7.21.